The van der Waals surface area contributed by atoms with Crippen LogP contribution < -0.4 is 0 Å². The van der Waals surface area contributed by atoms with Gasteiger partial charge >= 0.3 is 0 Å². The molecule has 1 aromatic carbocycles. The molecule has 0 unspecified atom stereocenters. The first-order valence-electron chi connectivity index (χ1n) is 8.07. The van der Waals surface area contributed by atoms with Gasteiger partial charge in [-0.1, -0.05) is 11.6 Å². The van der Waals surface area contributed by atoms with Crippen LogP contribution in [0.5, 0.6) is 0 Å². The molecular formula is C18H22ClN3O2. The number of nitrogens with zero attached hydrogens (tertiary/aromatic N) is 3. The zero-order valence-corrected chi connectivity index (χ0v) is 14.7. The van der Waals surface area contributed by atoms with Crippen LogP contribution in [0.1, 0.15) is 17.8 Å². The molecular weight excluding hydrogens is 326 g/mol. The fourth-order valence-corrected chi connectivity index (χ4v) is 3.27. The fraction of sp³-hybridized carbons (Fsp3) is 0.444. The van der Waals surface area contributed by atoms with E-state index in [1.807, 2.05) is 37.3 Å². The summed E-state index contributed by atoms with van der Waals surface area (Å²) in [5.41, 5.74) is 2.81. The van der Waals surface area contributed by atoms with Crippen LogP contribution in [0.3, 0.4) is 0 Å². The van der Waals surface area contributed by atoms with E-state index in [2.05, 4.69) is 9.88 Å². The summed E-state index contributed by atoms with van der Waals surface area (Å²) in [4.78, 5) is 11.5. The quantitative estimate of drug-likeness (QED) is 0.901. The SMILES string of the molecule is CO[C@H]1C[C@@H](CO)N(Cc2cc(C)nc(-c3ccc(Cl)cc3)n2)C1. The second-order valence-corrected chi connectivity index (χ2v) is 6.63. The zero-order valence-electron chi connectivity index (χ0n) is 13.9. The highest BCUT2D eigenvalue weighted by atomic mass is 35.5. The first-order chi connectivity index (χ1) is 11.6. The molecule has 1 aliphatic heterocycles. The van der Waals surface area contributed by atoms with Gasteiger partial charge in [0.25, 0.3) is 0 Å². The van der Waals surface area contributed by atoms with E-state index in [1.165, 1.54) is 0 Å². The largest absolute Gasteiger partial charge is 0.395 e. The highest BCUT2D eigenvalue weighted by Crippen LogP contribution is 2.23. The summed E-state index contributed by atoms with van der Waals surface area (Å²) in [7, 11) is 1.72. The van der Waals surface area contributed by atoms with E-state index in [0.717, 1.165) is 29.9 Å². The lowest BCUT2D eigenvalue weighted by molar-refractivity contribution is 0.107. The number of benzene rings is 1. The van der Waals surface area contributed by atoms with Crippen LogP contribution in [-0.2, 0) is 11.3 Å². The molecule has 24 heavy (non-hydrogen) atoms. The lowest BCUT2D eigenvalue weighted by Crippen LogP contribution is -2.32. The van der Waals surface area contributed by atoms with Gasteiger partial charge in [0.15, 0.2) is 5.82 Å². The number of aliphatic hydroxyl groups is 1. The summed E-state index contributed by atoms with van der Waals surface area (Å²) < 4.78 is 5.44. The van der Waals surface area contributed by atoms with E-state index in [0.29, 0.717) is 17.4 Å². The molecule has 1 aliphatic rings. The number of aryl methyl sites for hydroxylation is 1. The average molecular weight is 348 g/mol. The minimum Gasteiger partial charge on any atom is -0.395 e. The Kier molecular flexibility index (Phi) is 5.46. The topological polar surface area (TPSA) is 58.5 Å². The van der Waals surface area contributed by atoms with Crippen molar-refractivity contribution < 1.29 is 9.84 Å². The van der Waals surface area contributed by atoms with E-state index < -0.39 is 0 Å². The Morgan fingerprint density at radius 1 is 1.29 bits per heavy atom. The molecule has 3 rings (SSSR count). The van der Waals surface area contributed by atoms with Gasteiger partial charge in [-0.3, -0.25) is 4.90 Å². The van der Waals surface area contributed by atoms with Gasteiger partial charge in [0.2, 0.25) is 0 Å². The van der Waals surface area contributed by atoms with Crippen LogP contribution in [-0.4, -0.2) is 52.4 Å². The van der Waals surface area contributed by atoms with Crippen LogP contribution in [0.4, 0.5) is 0 Å². The lowest BCUT2D eigenvalue weighted by Gasteiger charge is -2.22. The van der Waals surface area contributed by atoms with Gasteiger partial charge in [-0.15, -0.1) is 0 Å². The highest BCUT2D eigenvalue weighted by Gasteiger charge is 2.31. The molecule has 0 amide bonds. The third-order valence-corrected chi connectivity index (χ3v) is 4.66. The van der Waals surface area contributed by atoms with Gasteiger partial charge in [-0.05, 0) is 43.7 Å². The van der Waals surface area contributed by atoms with E-state index in [9.17, 15) is 5.11 Å². The molecule has 0 radical (unpaired) electrons. The summed E-state index contributed by atoms with van der Waals surface area (Å²) in [6.45, 7) is 3.58. The van der Waals surface area contributed by atoms with Gasteiger partial charge < -0.3 is 9.84 Å². The Morgan fingerprint density at radius 2 is 2.04 bits per heavy atom. The predicted octanol–water partition coefficient (Wildman–Crippen LogP) is 2.69. The Morgan fingerprint density at radius 3 is 2.71 bits per heavy atom. The van der Waals surface area contributed by atoms with Crippen LogP contribution in [0.25, 0.3) is 11.4 Å². The molecule has 0 bridgehead atoms. The van der Waals surface area contributed by atoms with Gasteiger partial charge in [0.1, 0.15) is 0 Å². The molecule has 2 atom stereocenters. The molecule has 5 nitrogen and oxygen atoms in total. The van der Waals surface area contributed by atoms with Crippen LogP contribution >= 0.6 is 11.6 Å². The van der Waals surface area contributed by atoms with Gasteiger partial charge in [0.05, 0.1) is 18.4 Å². The second-order valence-electron chi connectivity index (χ2n) is 6.19. The predicted molar refractivity (Wildman–Crippen MR) is 93.9 cm³/mol. The number of ether oxygens (including phenoxy) is 1. The van der Waals surface area contributed by atoms with Crippen molar-refractivity contribution in [3.05, 3.63) is 46.7 Å². The molecule has 1 N–H and O–H groups in total. The normalized spacial score (nSPS) is 21.3. The Labute approximate surface area is 147 Å². The van der Waals surface area contributed by atoms with E-state index >= 15 is 0 Å². The standard InChI is InChI=1S/C18H22ClN3O2/c1-12-7-15(9-22-10-17(24-2)8-16(22)11-23)21-18(20-12)13-3-5-14(19)6-4-13/h3-7,16-17,23H,8-11H2,1-2H3/t16-,17-/m0/s1. The average Bonchev–Trinajstić information content (AvgIpc) is 2.97. The maximum Gasteiger partial charge on any atom is 0.159 e. The Bertz CT molecular complexity index is 693. The van der Waals surface area contributed by atoms with E-state index in [1.54, 1.807) is 7.11 Å². The summed E-state index contributed by atoms with van der Waals surface area (Å²) in [6, 6.07) is 9.64. The van der Waals surface area contributed by atoms with Crippen molar-refractivity contribution in [1.82, 2.24) is 14.9 Å². The van der Waals surface area contributed by atoms with Crippen molar-refractivity contribution in [1.29, 1.82) is 0 Å². The van der Waals surface area contributed by atoms with E-state index in [-0.39, 0.29) is 18.8 Å². The van der Waals surface area contributed by atoms with Crippen LogP contribution in [0.15, 0.2) is 30.3 Å². The van der Waals surface area contributed by atoms with Crippen molar-refractivity contribution in [3.8, 4) is 11.4 Å². The zero-order chi connectivity index (χ0) is 17.1. The minimum absolute atomic E-state index is 0.115. The number of rotatable bonds is 5. The molecule has 0 saturated carbocycles. The second kappa shape index (κ2) is 7.57. The van der Waals surface area contributed by atoms with Gasteiger partial charge in [-0.2, -0.15) is 0 Å². The first-order valence-corrected chi connectivity index (χ1v) is 8.45. The maximum absolute atomic E-state index is 9.60. The Hall–Kier alpha value is -1.53. The van der Waals surface area contributed by atoms with Gasteiger partial charge in [0, 0.05) is 42.5 Å². The number of methoxy groups -OCH3 is 1. The molecule has 2 aromatic rings. The molecule has 2 heterocycles. The molecule has 6 heteroatoms. The van der Waals surface area contributed by atoms with Crippen molar-refractivity contribution in [2.45, 2.75) is 32.0 Å². The molecule has 1 aromatic heterocycles. The first kappa shape index (κ1) is 17.3. The summed E-state index contributed by atoms with van der Waals surface area (Å²) in [5, 5.41) is 10.3. The number of hydrogen-bond donors (Lipinski definition) is 1. The number of hydrogen-bond acceptors (Lipinski definition) is 5. The smallest absolute Gasteiger partial charge is 0.159 e. The molecule has 1 saturated heterocycles. The monoisotopic (exact) mass is 347 g/mol. The highest BCUT2D eigenvalue weighted by molar-refractivity contribution is 6.30. The Balaban J connectivity index is 1.82. The number of aromatic nitrogens is 2. The van der Waals surface area contributed by atoms with Crippen molar-refractivity contribution in [2.24, 2.45) is 0 Å². The van der Waals surface area contributed by atoms with Crippen molar-refractivity contribution in [3.63, 3.8) is 0 Å². The van der Waals surface area contributed by atoms with Crippen LogP contribution in [0.2, 0.25) is 5.02 Å². The lowest BCUT2D eigenvalue weighted by atomic mass is 10.2. The maximum atomic E-state index is 9.60. The van der Waals surface area contributed by atoms with Crippen molar-refractivity contribution in [2.75, 3.05) is 20.3 Å². The third kappa shape index (κ3) is 3.92. The third-order valence-electron chi connectivity index (χ3n) is 4.41. The number of aliphatic hydroxyl groups excluding tert-OH is 1. The number of halogens is 1. The fourth-order valence-electron chi connectivity index (χ4n) is 3.14. The molecule has 1 fully saturated rings. The molecule has 0 spiro atoms. The summed E-state index contributed by atoms with van der Waals surface area (Å²) in [5.74, 6) is 0.699. The summed E-state index contributed by atoms with van der Waals surface area (Å²) >= 11 is 5.95. The minimum atomic E-state index is 0.115. The molecule has 128 valence electrons. The summed E-state index contributed by atoms with van der Waals surface area (Å²) in [6.07, 6.45) is 1.02. The van der Waals surface area contributed by atoms with Crippen molar-refractivity contribution >= 4 is 11.6 Å². The number of likely N-dealkylation sites (tertiary alicyclic amines) is 1. The van der Waals surface area contributed by atoms with Gasteiger partial charge in [-0.25, -0.2) is 9.97 Å². The molecule has 0 aliphatic carbocycles. The van der Waals surface area contributed by atoms with E-state index in [4.69, 9.17) is 21.3 Å². The van der Waals surface area contributed by atoms with Crippen LogP contribution in [0, 0.1) is 6.92 Å².